The standard InChI is InChI=1S/C23H37N3O3S/c1-6-26(16(2)3)14-23(4,5)15-30(28,29)25-22(27)24-21-19-11-7-9-17(19)13-18-10-8-12-20(18)21/h13,16H,6-12,14-15H2,1-5H3,(H2,24,25,27). The van der Waals surface area contributed by atoms with Crippen LogP contribution in [0.2, 0.25) is 0 Å². The minimum atomic E-state index is -3.75. The molecule has 0 unspecified atom stereocenters. The lowest BCUT2D eigenvalue weighted by molar-refractivity contribution is 0.164. The van der Waals surface area contributed by atoms with Gasteiger partial charge < -0.3 is 10.2 Å². The molecule has 2 amide bonds. The van der Waals surface area contributed by atoms with Gasteiger partial charge in [0.2, 0.25) is 10.0 Å². The van der Waals surface area contributed by atoms with E-state index in [0.717, 1.165) is 50.8 Å². The normalized spacial score (nSPS) is 16.1. The zero-order valence-corrected chi connectivity index (χ0v) is 19.9. The van der Waals surface area contributed by atoms with Gasteiger partial charge in [0.1, 0.15) is 0 Å². The van der Waals surface area contributed by atoms with Crippen LogP contribution in [0.1, 0.15) is 69.7 Å². The predicted molar refractivity (Wildman–Crippen MR) is 123 cm³/mol. The van der Waals surface area contributed by atoms with Gasteiger partial charge in [-0.1, -0.05) is 26.8 Å². The molecule has 0 aromatic heterocycles. The van der Waals surface area contributed by atoms with E-state index in [2.05, 4.69) is 41.8 Å². The van der Waals surface area contributed by atoms with Crippen molar-refractivity contribution >= 4 is 21.7 Å². The Morgan fingerprint density at radius 3 is 2.17 bits per heavy atom. The second kappa shape index (κ2) is 8.87. The first-order chi connectivity index (χ1) is 14.0. The lowest BCUT2D eigenvalue weighted by Crippen LogP contribution is -2.45. The topological polar surface area (TPSA) is 78.5 Å². The molecule has 0 spiro atoms. The van der Waals surface area contributed by atoms with E-state index >= 15 is 0 Å². The van der Waals surface area contributed by atoms with Gasteiger partial charge in [0.25, 0.3) is 0 Å². The molecule has 0 saturated carbocycles. The van der Waals surface area contributed by atoms with Gasteiger partial charge in [-0.25, -0.2) is 17.9 Å². The average molecular weight is 436 g/mol. The van der Waals surface area contributed by atoms with Crippen LogP contribution in [-0.2, 0) is 35.7 Å². The maximum absolute atomic E-state index is 12.8. The number of hydrogen-bond donors (Lipinski definition) is 2. The number of anilines is 1. The SMILES string of the molecule is CCN(CC(C)(C)CS(=O)(=O)NC(=O)Nc1c2c(cc3c1CCC3)CCC2)C(C)C. The van der Waals surface area contributed by atoms with E-state index in [0.29, 0.717) is 12.6 Å². The molecule has 0 fully saturated rings. The van der Waals surface area contributed by atoms with Crippen LogP contribution in [0.15, 0.2) is 6.07 Å². The van der Waals surface area contributed by atoms with Crippen LogP contribution < -0.4 is 10.0 Å². The maximum atomic E-state index is 12.8. The Morgan fingerprint density at radius 2 is 1.67 bits per heavy atom. The van der Waals surface area contributed by atoms with Crippen LogP contribution in [0.5, 0.6) is 0 Å². The fourth-order valence-electron chi connectivity index (χ4n) is 5.05. The highest BCUT2D eigenvalue weighted by molar-refractivity contribution is 7.90. The largest absolute Gasteiger partial charge is 0.332 e. The van der Waals surface area contributed by atoms with Crippen LogP contribution in [0, 0.1) is 5.41 Å². The third-order valence-electron chi connectivity index (χ3n) is 6.31. The summed E-state index contributed by atoms with van der Waals surface area (Å²) in [5, 5.41) is 2.92. The number of sulfonamides is 1. The van der Waals surface area contributed by atoms with Crippen molar-refractivity contribution in [2.45, 2.75) is 79.2 Å². The minimum absolute atomic E-state index is 0.0956. The zero-order valence-electron chi connectivity index (χ0n) is 19.1. The van der Waals surface area contributed by atoms with E-state index in [9.17, 15) is 13.2 Å². The van der Waals surface area contributed by atoms with Crippen LogP contribution >= 0.6 is 0 Å². The highest BCUT2D eigenvalue weighted by Crippen LogP contribution is 2.38. The monoisotopic (exact) mass is 435 g/mol. The Morgan fingerprint density at radius 1 is 1.10 bits per heavy atom. The van der Waals surface area contributed by atoms with Crippen LogP contribution in [-0.4, -0.2) is 44.2 Å². The average Bonchev–Trinajstić information content (AvgIpc) is 3.26. The highest BCUT2D eigenvalue weighted by atomic mass is 32.2. The highest BCUT2D eigenvalue weighted by Gasteiger charge is 2.31. The summed E-state index contributed by atoms with van der Waals surface area (Å²) < 4.78 is 27.8. The summed E-state index contributed by atoms with van der Waals surface area (Å²) >= 11 is 0. The molecule has 168 valence electrons. The number of urea groups is 1. The number of carbonyl (C=O) groups excluding carboxylic acids is 1. The summed E-state index contributed by atoms with van der Waals surface area (Å²) in [5.74, 6) is -0.0956. The van der Waals surface area contributed by atoms with Crippen molar-refractivity contribution in [2.75, 3.05) is 24.2 Å². The number of amides is 2. The molecule has 7 heteroatoms. The van der Waals surface area contributed by atoms with E-state index < -0.39 is 21.5 Å². The first-order valence-electron chi connectivity index (χ1n) is 11.2. The first kappa shape index (κ1) is 23.1. The number of nitrogens with one attached hydrogen (secondary N) is 2. The lowest BCUT2D eigenvalue weighted by Gasteiger charge is -2.34. The van der Waals surface area contributed by atoms with Crippen molar-refractivity contribution in [1.29, 1.82) is 0 Å². The summed E-state index contributed by atoms with van der Waals surface area (Å²) in [6, 6.07) is 1.99. The smallest absolute Gasteiger partial charge is 0.307 e. The quantitative estimate of drug-likeness (QED) is 0.650. The van der Waals surface area contributed by atoms with E-state index in [1.807, 2.05) is 13.8 Å². The molecule has 6 nitrogen and oxygen atoms in total. The third-order valence-corrected chi connectivity index (χ3v) is 7.97. The number of rotatable bonds is 8. The van der Waals surface area contributed by atoms with Crippen molar-refractivity contribution in [1.82, 2.24) is 9.62 Å². The van der Waals surface area contributed by atoms with Crippen LogP contribution in [0.25, 0.3) is 0 Å². The molecule has 0 saturated heterocycles. The third kappa shape index (κ3) is 5.35. The van der Waals surface area contributed by atoms with Gasteiger partial charge in [0.15, 0.2) is 0 Å². The summed E-state index contributed by atoms with van der Waals surface area (Å²) in [7, 11) is -3.75. The summed E-state index contributed by atoms with van der Waals surface area (Å²) in [5.41, 5.74) is 5.40. The molecular weight excluding hydrogens is 398 g/mol. The van der Waals surface area contributed by atoms with Gasteiger partial charge in [-0.3, -0.25) is 0 Å². The van der Waals surface area contributed by atoms with Crippen molar-refractivity contribution in [3.63, 3.8) is 0 Å². The Labute approximate surface area is 181 Å². The van der Waals surface area contributed by atoms with Crippen LogP contribution in [0.3, 0.4) is 0 Å². The van der Waals surface area contributed by atoms with E-state index in [1.165, 1.54) is 22.3 Å². The lowest BCUT2D eigenvalue weighted by atomic mass is 9.95. The summed E-state index contributed by atoms with van der Waals surface area (Å²) in [6.07, 6.45) is 6.14. The van der Waals surface area contributed by atoms with Crippen molar-refractivity contribution in [3.8, 4) is 0 Å². The molecule has 2 aliphatic rings. The van der Waals surface area contributed by atoms with E-state index in [1.54, 1.807) is 0 Å². The molecule has 2 aliphatic carbocycles. The molecule has 0 radical (unpaired) electrons. The van der Waals surface area contributed by atoms with Crippen molar-refractivity contribution in [3.05, 3.63) is 28.3 Å². The molecule has 2 N–H and O–H groups in total. The zero-order chi connectivity index (χ0) is 22.1. The molecule has 3 rings (SSSR count). The Bertz CT molecular complexity index is 875. The first-order valence-corrected chi connectivity index (χ1v) is 12.9. The molecular formula is C23H37N3O3S. The fourth-order valence-corrected chi connectivity index (χ4v) is 6.58. The van der Waals surface area contributed by atoms with E-state index in [-0.39, 0.29) is 5.75 Å². The van der Waals surface area contributed by atoms with Crippen molar-refractivity contribution < 1.29 is 13.2 Å². The summed E-state index contributed by atoms with van der Waals surface area (Å²) in [4.78, 5) is 14.9. The van der Waals surface area contributed by atoms with Gasteiger partial charge in [-0.2, -0.15) is 0 Å². The molecule has 0 atom stereocenters. The Hall–Kier alpha value is -1.60. The molecule has 0 bridgehead atoms. The molecule has 0 heterocycles. The predicted octanol–water partition coefficient (Wildman–Crippen LogP) is 3.87. The van der Waals surface area contributed by atoms with Gasteiger partial charge in [-0.15, -0.1) is 0 Å². The number of benzene rings is 1. The number of fused-ring (bicyclic) bond motifs is 2. The number of carbonyl (C=O) groups is 1. The maximum Gasteiger partial charge on any atom is 0.332 e. The minimum Gasteiger partial charge on any atom is -0.307 e. The van der Waals surface area contributed by atoms with Crippen LogP contribution in [0.4, 0.5) is 10.5 Å². The second-order valence-corrected chi connectivity index (χ2v) is 11.6. The molecule has 0 aliphatic heterocycles. The van der Waals surface area contributed by atoms with Gasteiger partial charge in [0.05, 0.1) is 5.75 Å². The van der Waals surface area contributed by atoms with Gasteiger partial charge >= 0.3 is 6.03 Å². The number of aryl methyl sites for hydroxylation is 2. The summed E-state index contributed by atoms with van der Waals surface area (Å²) in [6.45, 7) is 11.7. The Kier molecular flexibility index (Phi) is 6.82. The molecule has 1 aromatic rings. The van der Waals surface area contributed by atoms with Crippen molar-refractivity contribution in [2.24, 2.45) is 5.41 Å². The van der Waals surface area contributed by atoms with E-state index in [4.69, 9.17) is 0 Å². The van der Waals surface area contributed by atoms with Gasteiger partial charge in [-0.05, 0) is 86.6 Å². The number of nitrogens with zero attached hydrogens (tertiary/aromatic N) is 1. The molecule has 1 aromatic carbocycles. The Balaban J connectivity index is 1.69. The van der Waals surface area contributed by atoms with Gasteiger partial charge in [0, 0.05) is 18.3 Å². The fraction of sp³-hybridized carbons (Fsp3) is 0.696. The second-order valence-electron chi connectivity index (χ2n) is 9.87. The molecule has 30 heavy (non-hydrogen) atoms. The number of hydrogen-bond acceptors (Lipinski definition) is 4.